The summed E-state index contributed by atoms with van der Waals surface area (Å²) >= 11 is 3.76. The smallest absolute Gasteiger partial charge is 0.408 e. The van der Waals surface area contributed by atoms with Gasteiger partial charge in [0.25, 0.3) is 0 Å². The van der Waals surface area contributed by atoms with E-state index in [1.165, 1.54) is 0 Å². The third-order valence-corrected chi connectivity index (χ3v) is 1.77. The number of carboxylic acid groups (broad SMARTS) is 2. The monoisotopic (exact) mass is 193 g/mol. The van der Waals surface area contributed by atoms with Gasteiger partial charge in [0.1, 0.15) is 6.04 Å². The molecule has 0 saturated carbocycles. The zero-order valence-electron chi connectivity index (χ0n) is 6.60. The fraction of sp³-hybridized carbons (Fsp3) is 0.667. The molecule has 1 unspecified atom stereocenters. The van der Waals surface area contributed by atoms with Crippen molar-refractivity contribution in [3.05, 3.63) is 0 Å². The van der Waals surface area contributed by atoms with Crippen LogP contribution < -0.4 is 0 Å². The van der Waals surface area contributed by atoms with E-state index in [2.05, 4.69) is 12.6 Å². The summed E-state index contributed by atoms with van der Waals surface area (Å²) in [7, 11) is 0. The largest absolute Gasteiger partial charge is 0.480 e. The molecule has 1 amide bonds. The number of carbonyl (C=O) groups is 2. The molecule has 0 aliphatic rings. The van der Waals surface area contributed by atoms with Gasteiger partial charge in [-0.15, -0.1) is 0 Å². The molecule has 5 nitrogen and oxygen atoms in total. The number of hydrogen-bond donors (Lipinski definition) is 3. The first-order chi connectivity index (χ1) is 5.54. The van der Waals surface area contributed by atoms with Crippen molar-refractivity contribution in [3.63, 3.8) is 0 Å². The predicted octanol–water partition coefficient (Wildman–Crippen LogP) is 0.369. The van der Waals surface area contributed by atoms with Crippen LogP contribution in [0, 0.1) is 0 Å². The molecule has 70 valence electrons. The summed E-state index contributed by atoms with van der Waals surface area (Å²) in [6, 6.07) is -1.06. The Morgan fingerprint density at radius 3 is 2.08 bits per heavy atom. The maximum absolute atomic E-state index is 10.5. The summed E-state index contributed by atoms with van der Waals surface area (Å²) in [5, 5.41) is 17.1. The van der Waals surface area contributed by atoms with Crippen LogP contribution in [0.4, 0.5) is 4.79 Å². The van der Waals surface area contributed by atoms with Crippen molar-refractivity contribution in [1.29, 1.82) is 0 Å². The van der Waals surface area contributed by atoms with Gasteiger partial charge in [-0.2, -0.15) is 12.6 Å². The molecule has 0 fully saturated rings. The predicted molar refractivity (Wildman–Crippen MR) is 45.7 cm³/mol. The Bertz CT molecular complexity index is 164. The number of thiol groups is 1. The van der Waals surface area contributed by atoms with Gasteiger partial charge in [-0.3, -0.25) is 4.90 Å². The summed E-state index contributed by atoms with van der Waals surface area (Å²) in [6.07, 6.45) is -1.24. The SMILES string of the molecule is CCN(C(=O)O)C(CS)C(=O)O. The highest BCUT2D eigenvalue weighted by Crippen LogP contribution is 2.02. The molecular formula is C6H11NO4S. The van der Waals surface area contributed by atoms with Gasteiger partial charge in [0, 0.05) is 12.3 Å². The minimum Gasteiger partial charge on any atom is -0.480 e. The molecule has 0 aromatic heterocycles. The Morgan fingerprint density at radius 1 is 1.50 bits per heavy atom. The maximum Gasteiger partial charge on any atom is 0.408 e. The molecule has 12 heavy (non-hydrogen) atoms. The van der Waals surface area contributed by atoms with Crippen LogP contribution >= 0.6 is 12.6 Å². The Hall–Kier alpha value is -0.910. The van der Waals surface area contributed by atoms with E-state index in [-0.39, 0.29) is 12.3 Å². The number of rotatable bonds is 4. The fourth-order valence-corrected chi connectivity index (χ4v) is 1.15. The van der Waals surface area contributed by atoms with Crippen LogP contribution in [0.25, 0.3) is 0 Å². The zero-order valence-corrected chi connectivity index (χ0v) is 7.49. The van der Waals surface area contributed by atoms with Gasteiger partial charge in [0.05, 0.1) is 0 Å². The molecule has 0 radical (unpaired) electrons. The normalized spacial score (nSPS) is 12.2. The molecule has 0 aromatic rings. The lowest BCUT2D eigenvalue weighted by atomic mass is 10.3. The van der Waals surface area contributed by atoms with Gasteiger partial charge in [-0.25, -0.2) is 9.59 Å². The van der Waals surface area contributed by atoms with E-state index in [9.17, 15) is 9.59 Å². The van der Waals surface area contributed by atoms with Gasteiger partial charge >= 0.3 is 12.1 Å². The average Bonchev–Trinajstić information content (AvgIpc) is 1.98. The molecule has 2 N–H and O–H groups in total. The van der Waals surface area contributed by atoms with Crippen molar-refractivity contribution >= 4 is 24.7 Å². The quantitative estimate of drug-likeness (QED) is 0.564. The number of nitrogens with zero attached hydrogens (tertiary/aromatic N) is 1. The molecule has 0 aromatic carbocycles. The summed E-state index contributed by atoms with van der Waals surface area (Å²) in [5.74, 6) is -1.19. The molecule has 6 heteroatoms. The highest BCUT2D eigenvalue weighted by Gasteiger charge is 2.26. The van der Waals surface area contributed by atoms with Crippen LogP contribution in [0.5, 0.6) is 0 Å². The summed E-state index contributed by atoms with van der Waals surface area (Å²) in [6.45, 7) is 1.72. The van der Waals surface area contributed by atoms with Crippen molar-refractivity contribution in [1.82, 2.24) is 4.90 Å². The van der Waals surface area contributed by atoms with Gasteiger partial charge in [0.2, 0.25) is 0 Å². The molecule has 0 spiro atoms. The Morgan fingerprint density at radius 2 is 2.00 bits per heavy atom. The second-order valence-corrected chi connectivity index (χ2v) is 2.47. The number of amides is 1. The second-order valence-electron chi connectivity index (χ2n) is 2.11. The van der Waals surface area contributed by atoms with Crippen molar-refractivity contribution in [2.45, 2.75) is 13.0 Å². The molecule has 0 aliphatic heterocycles. The highest BCUT2D eigenvalue weighted by molar-refractivity contribution is 7.80. The first-order valence-electron chi connectivity index (χ1n) is 3.37. The maximum atomic E-state index is 10.5. The third kappa shape index (κ3) is 2.61. The van der Waals surface area contributed by atoms with E-state index >= 15 is 0 Å². The molecular weight excluding hydrogens is 182 g/mol. The Labute approximate surface area is 75.4 Å². The van der Waals surface area contributed by atoms with E-state index in [0.29, 0.717) is 0 Å². The van der Waals surface area contributed by atoms with Crippen LogP contribution in [0.15, 0.2) is 0 Å². The van der Waals surface area contributed by atoms with E-state index in [0.717, 1.165) is 4.90 Å². The van der Waals surface area contributed by atoms with Crippen molar-refractivity contribution < 1.29 is 19.8 Å². The first kappa shape index (κ1) is 11.1. The molecule has 0 heterocycles. The third-order valence-electron chi connectivity index (χ3n) is 1.42. The molecule has 1 atom stereocenters. The summed E-state index contributed by atoms with van der Waals surface area (Å²) in [4.78, 5) is 21.8. The van der Waals surface area contributed by atoms with Crippen LogP contribution in [0.1, 0.15) is 6.92 Å². The van der Waals surface area contributed by atoms with Crippen LogP contribution in [0.3, 0.4) is 0 Å². The minimum absolute atomic E-state index is 0.0184. The van der Waals surface area contributed by atoms with Gasteiger partial charge in [0.15, 0.2) is 0 Å². The van der Waals surface area contributed by atoms with E-state index < -0.39 is 18.1 Å². The van der Waals surface area contributed by atoms with Crippen LogP contribution in [0.2, 0.25) is 0 Å². The lowest BCUT2D eigenvalue weighted by Gasteiger charge is -2.22. The summed E-state index contributed by atoms with van der Waals surface area (Å²) < 4.78 is 0. The highest BCUT2D eigenvalue weighted by atomic mass is 32.1. The zero-order chi connectivity index (χ0) is 9.72. The molecule has 0 rings (SSSR count). The number of carboxylic acids is 1. The van der Waals surface area contributed by atoms with Crippen LogP contribution in [-0.2, 0) is 4.79 Å². The van der Waals surface area contributed by atoms with Gasteiger partial charge in [-0.1, -0.05) is 0 Å². The van der Waals surface area contributed by atoms with Gasteiger partial charge in [-0.05, 0) is 6.92 Å². The fourth-order valence-electron chi connectivity index (χ4n) is 0.799. The summed E-state index contributed by atoms with van der Waals surface area (Å²) in [5.41, 5.74) is 0. The lowest BCUT2D eigenvalue weighted by molar-refractivity contribution is -0.141. The van der Waals surface area contributed by atoms with Crippen molar-refractivity contribution in [3.8, 4) is 0 Å². The van der Waals surface area contributed by atoms with Gasteiger partial charge < -0.3 is 10.2 Å². The second kappa shape index (κ2) is 4.87. The standard InChI is InChI=1S/C6H11NO4S/c1-2-7(6(10)11)4(3-12)5(8)9/h4,12H,2-3H2,1H3,(H,8,9)(H,10,11). The molecule has 0 bridgehead atoms. The number of hydrogen-bond acceptors (Lipinski definition) is 3. The van der Waals surface area contributed by atoms with E-state index in [1.807, 2.05) is 0 Å². The Balaban J connectivity index is 4.44. The van der Waals surface area contributed by atoms with Crippen molar-refractivity contribution in [2.24, 2.45) is 0 Å². The van der Waals surface area contributed by atoms with E-state index in [4.69, 9.17) is 10.2 Å². The number of aliphatic carboxylic acids is 1. The lowest BCUT2D eigenvalue weighted by Crippen LogP contribution is -2.45. The average molecular weight is 193 g/mol. The van der Waals surface area contributed by atoms with Crippen LogP contribution in [-0.4, -0.2) is 45.5 Å². The topological polar surface area (TPSA) is 77.8 Å². The Kier molecular flexibility index (Phi) is 4.50. The minimum atomic E-state index is -1.24. The first-order valence-corrected chi connectivity index (χ1v) is 4.01. The molecule has 0 aliphatic carbocycles. The number of likely N-dealkylation sites (N-methyl/N-ethyl adjacent to an activating group) is 1. The molecule has 0 saturated heterocycles. The van der Waals surface area contributed by atoms with Crippen molar-refractivity contribution in [2.75, 3.05) is 12.3 Å². The van der Waals surface area contributed by atoms with E-state index in [1.54, 1.807) is 6.92 Å².